The van der Waals surface area contributed by atoms with Crippen molar-refractivity contribution in [1.29, 1.82) is 0 Å². The fourth-order valence-electron chi connectivity index (χ4n) is 2.34. The van der Waals surface area contributed by atoms with Crippen molar-refractivity contribution in [2.24, 2.45) is 0 Å². The lowest BCUT2D eigenvalue weighted by atomic mass is 10.2. The number of benzene rings is 2. The van der Waals surface area contributed by atoms with E-state index in [-0.39, 0.29) is 11.3 Å². The van der Waals surface area contributed by atoms with Crippen LogP contribution in [-0.2, 0) is 0 Å². The number of carbonyl (C=O) groups is 2. The number of hydrazine groups is 1. The summed E-state index contributed by atoms with van der Waals surface area (Å²) in [6.45, 7) is 1.65. The van der Waals surface area contributed by atoms with Crippen LogP contribution in [0.1, 0.15) is 26.4 Å². The molecule has 2 amide bonds. The molecule has 2 aromatic carbocycles. The number of halogens is 1. The Morgan fingerprint density at radius 3 is 2.32 bits per heavy atom. The van der Waals surface area contributed by atoms with Gasteiger partial charge in [0.05, 0.1) is 17.5 Å². The van der Waals surface area contributed by atoms with E-state index < -0.39 is 17.6 Å². The second-order valence-electron chi connectivity index (χ2n) is 5.28. The first-order valence-electron chi connectivity index (χ1n) is 7.53. The summed E-state index contributed by atoms with van der Waals surface area (Å²) in [6, 6.07) is 14.6. The normalized spacial score (nSPS) is 10.3. The van der Waals surface area contributed by atoms with Gasteiger partial charge in [-0.25, -0.2) is 9.07 Å². The summed E-state index contributed by atoms with van der Waals surface area (Å²) >= 11 is 0. The zero-order valence-corrected chi connectivity index (χ0v) is 13.4. The molecule has 0 radical (unpaired) electrons. The van der Waals surface area contributed by atoms with Crippen molar-refractivity contribution < 1.29 is 14.0 Å². The van der Waals surface area contributed by atoms with Crippen LogP contribution in [0.2, 0.25) is 0 Å². The van der Waals surface area contributed by atoms with E-state index in [2.05, 4.69) is 16.0 Å². The Kier molecular flexibility index (Phi) is 4.56. The van der Waals surface area contributed by atoms with E-state index >= 15 is 0 Å². The Morgan fingerprint density at radius 2 is 1.60 bits per heavy atom. The highest BCUT2D eigenvalue weighted by Crippen LogP contribution is 2.16. The van der Waals surface area contributed by atoms with Crippen molar-refractivity contribution in [1.82, 2.24) is 20.6 Å². The number of aromatic nitrogens is 2. The average molecular weight is 338 g/mol. The zero-order chi connectivity index (χ0) is 17.8. The largest absolute Gasteiger partial charge is 0.273 e. The van der Waals surface area contributed by atoms with Crippen molar-refractivity contribution >= 4 is 11.8 Å². The minimum Gasteiger partial charge on any atom is -0.267 e. The molecule has 3 aromatic rings. The third kappa shape index (κ3) is 3.40. The van der Waals surface area contributed by atoms with Crippen LogP contribution in [0.25, 0.3) is 5.69 Å². The van der Waals surface area contributed by atoms with Gasteiger partial charge in [-0.05, 0) is 31.2 Å². The van der Waals surface area contributed by atoms with Gasteiger partial charge < -0.3 is 0 Å². The molecule has 0 saturated carbocycles. The number of hydrogen-bond donors (Lipinski definition) is 2. The van der Waals surface area contributed by atoms with Gasteiger partial charge in [0.15, 0.2) is 0 Å². The van der Waals surface area contributed by atoms with Crippen LogP contribution in [0.5, 0.6) is 0 Å². The summed E-state index contributed by atoms with van der Waals surface area (Å²) < 4.78 is 15.2. The highest BCUT2D eigenvalue weighted by Gasteiger charge is 2.17. The molecular formula is C18H15FN4O2. The van der Waals surface area contributed by atoms with E-state index in [1.807, 2.05) is 0 Å². The third-order valence-corrected chi connectivity index (χ3v) is 3.66. The topological polar surface area (TPSA) is 76.0 Å². The number of rotatable bonds is 3. The monoisotopic (exact) mass is 338 g/mol. The van der Waals surface area contributed by atoms with Crippen LogP contribution >= 0.6 is 0 Å². The predicted octanol–water partition coefficient (Wildman–Crippen LogP) is 2.39. The highest BCUT2D eigenvalue weighted by molar-refractivity contribution is 5.99. The Labute approximate surface area is 143 Å². The lowest BCUT2D eigenvalue weighted by molar-refractivity contribution is 0.0846. The minimum absolute atomic E-state index is 0.233. The van der Waals surface area contributed by atoms with Gasteiger partial charge >= 0.3 is 0 Å². The number of hydrogen-bond acceptors (Lipinski definition) is 3. The number of amides is 2. The summed E-state index contributed by atoms with van der Waals surface area (Å²) in [5, 5.41) is 4.06. The Morgan fingerprint density at radius 1 is 0.960 bits per heavy atom. The smallest absolute Gasteiger partial charge is 0.267 e. The van der Waals surface area contributed by atoms with Crippen LogP contribution in [-0.4, -0.2) is 21.6 Å². The zero-order valence-electron chi connectivity index (χ0n) is 13.4. The second kappa shape index (κ2) is 6.96. The highest BCUT2D eigenvalue weighted by atomic mass is 19.1. The number of nitrogens with one attached hydrogen (secondary N) is 2. The van der Waals surface area contributed by atoms with Gasteiger partial charge in [0.1, 0.15) is 11.5 Å². The molecule has 25 heavy (non-hydrogen) atoms. The van der Waals surface area contributed by atoms with Crippen LogP contribution in [0.3, 0.4) is 0 Å². The third-order valence-electron chi connectivity index (χ3n) is 3.66. The second-order valence-corrected chi connectivity index (χ2v) is 5.28. The lowest BCUT2D eigenvalue weighted by Crippen LogP contribution is -2.41. The number of carbonyl (C=O) groups excluding carboxylic acids is 2. The van der Waals surface area contributed by atoms with Gasteiger partial charge in [-0.3, -0.25) is 20.4 Å². The van der Waals surface area contributed by atoms with Crippen LogP contribution < -0.4 is 10.9 Å². The van der Waals surface area contributed by atoms with Crippen molar-refractivity contribution in [3.8, 4) is 5.69 Å². The summed E-state index contributed by atoms with van der Waals surface area (Å²) in [6.07, 6.45) is 1.33. The summed E-state index contributed by atoms with van der Waals surface area (Å²) in [4.78, 5) is 24.2. The van der Waals surface area contributed by atoms with E-state index in [0.29, 0.717) is 11.3 Å². The summed E-state index contributed by atoms with van der Waals surface area (Å²) in [5.41, 5.74) is 6.02. The van der Waals surface area contributed by atoms with Gasteiger partial charge in [-0.15, -0.1) is 0 Å². The predicted molar refractivity (Wildman–Crippen MR) is 89.6 cm³/mol. The first-order chi connectivity index (χ1) is 12.1. The molecule has 1 heterocycles. The molecule has 126 valence electrons. The molecule has 1 aromatic heterocycles. The molecule has 0 bridgehead atoms. The number of para-hydroxylation sites is 1. The van der Waals surface area contributed by atoms with Crippen molar-refractivity contribution in [3.63, 3.8) is 0 Å². The Hall–Kier alpha value is -3.48. The molecule has 0 aliphatic heterocycles. The van der Waals surface area contributed by atoms with Crippen LogP contribution in [0.4, 0.5) is 4.39 Å². The van der Waals surface area contributed by atoms with E-state index in [0.717, 1.165) is 0 Å². The number of nitrogens with zero attached hydrogens (tertiary/aromatic N) is 2. The molecule has 3 rings (SSSR count). The summed E-state index contributed by atoms with van der Waals surface area (Å²) in [5.74, 6) is -1.42. The molecule has 0 aliphatic carbocycles. The van der Waals surface area contributed by atoms with Gasteiger partial charge in [0.2, 0.25) is 0 Å². The molecule has 6 nitrogen and oxygen atoms in total. The minimum atomic E-state index is -0.538. The first-order valence-corrected chi connectivity index (χ1v) is 7.53. The van der Waals surface area contributed by atoms with E-state index in [4.69, 9.17) is 0 Å². The van der Waals surface area contributed by atoms with Gasteiger partial charge in [0, 0.05) is 5.56 Å². The van der Waals surface area contributed by atoms with Gasteiger partial charge in [0.25, 0.3) is 11.8 Å². The Bertz CT molecular complexity index is 922. The van der Waals surface area contributed by atoms with Crippen molar-refractivity contribution in [2.75, 3.05) is 0 Å². The molecule has 0 unspecified atom stereocenters. The maximum Gasteiger partial charge on any atom is 0.273 e. The molecule has 7 heteroatoms. The van der Waals surface area contributed by atoms with Gasteiger partial charge in [-0.2, -0.15) is 5.10 Å². The Balaban J connectivity index is 1.74. The molecule has 0 fully saturated rings. The van der Waals surface area contributed by atoms with Crippen molar-refractivity contribution in [3.05, 3.63) is 83.4 Å². The maximum atomic E-state index is 13.9. The molecule has 0 spiro atoms. The summed E-state index contributed by atoms with van der Waals surface area (Å²) in [7, 11) is 0. The van der Waals surface area contributed by atoms with Crippen LogP contribution in [0, 0.1) is 12.7 Å². The molecule has 2 N–H and O–H groups in total. The fourth-order valence-corrected chi connectivity index (χ4v) is 2.34. The maximum absolute atomic E-state index is 13.9. The quantitative estimate of drug-likeness (QED) is 0.720. The van der Waals surface area contributed by atoms with E-state index in [9.17, 15) is 14.0 Å². The molecule has 0 aliphatic rings. The average Bonchev–Trinajstić information content (AvgIpc) is 3.02. The first kappa shape index (κ1) is 16.4. The SMILES string of the molecule is Cc1c(C(=O)NNC(=O)c2ccccc2)cnn1-c1ccccc1F. The van der Waals surface area contributed by atoms with Crippen LogP contribution in [0.15, 0.2) is 60.8 Å². The molecule has 0 atom stereocenters. The van der Waals surface area contributed by atoms with Gasteiger partial charge in [-0.1, -0.05) is 30.3 Å². The van der Waals surface area contributed by atoms with E-state index in [1.165, 1.54) is 16.9 Å². The lowest BCUT2D eigenvalue weighted by Gasteiger charge is -2.08. The van der Waals surface area contributed by atoms with E-state index in [1.54, 1.807) is 55.5 Å². The fraction of sp³-hybridized carbons (Fsp3) is 0.0556. The molecular weight excluding hydrogens is 323 g/mol. The molecule has 0 saturated heterocycles. The standard InChI is InChI=1S/C18H15FN4O2/c1-12-14(11-20-23(12)16-10-6-5-9-15(16)19)18(25)22-21-17(24)13-7-3-2-4-8-13/h2-11H,1H3,(H,21,24)(H,22,25). The van der Waals surface area contributed by atoms with Crippen molar-refractivity contribution in [2.45, 2.75) is 6.92 Å².